The summed E-state index contributed by atoms with van der Waals surface area (Å²) in [6.07, 6.45) is 0. The molecule has 0 spiro atoms. The molecule has 0 unspecified atom stereocenters. The molecule has 1 rings (SSSR count). The van der Waals surface area contributed by atoms with E-state index in [9.17, 15) is 10.1 Å². The van der Waals surface area contributed by atoms with Crippen LogP contribution in [-0.2, 0) is 6.54 Å². The third-order valence-electron chi connectivity index (χ3n) is 1.80. The maximum absolute atomic E-state index is 10.6. The molecule has 1 aromatic carbocycles. The molecule has 4 nitrogen and oxygen atoms in total. The zero-order valence-corrected chi connectivity index (χ0v) is 8.54. The zero-order valence-electron chi connectivity index (χ0n) is 7.79. The number of nitrogens with zero attached hydrogens (tertiary/aromatic N) is 1. The molecule has 0 heterocycles. The first-order valence-corrected chi connectivity index (χ1v) is 4.66. The largest absolute Gasteiger partial charge is 0.313 e. The minimum Gasteiger partial charge on any atom is -0.313 e. The lowest BCUT2D eigenvalue weighted by Gasteiger charge is -2.03. The summed E-state index contributed by atoms with van der Waals surface area (Å²) in [5.41, 5.74) is 0.722. The number of rotatable bonds is 4. The summed E-state index contributed by atoms with van der Waals surface area (Å²) in [6, 6.07) is 4.56. The van der Waals surface area contributed by atoms with Gasteiger partial charge in [0.15, 0.2) is 0 Å². The van der Waals surface area contributed by atoms with Gasteiger partial charge in [0.25, 0.3) is 5.69 Å². The predicted octanol–water partition coefficient (Wildman–Crippen LogP) is 2.36. The molecule has 0 radical (unpaired) electrons. The zero-order chi connectivity index (χ0) is 10.6. The number of halogens is 1. The van der Waals surface area contributed by atoms with Gasteiger partial charge in [0.2, 0.25) is 0 Å². The van der Waals surface area contributed by atoms with Crippen molar-refractivity contribution in [3.05, 3.63) is 38.9 Å². The first-order chi connectivity index (χ1) is 6.65. The fourth-order valence-electron chi connectivity index (χ4n) is 1.13. The molecule has 0 atom stereocenters. The average molecular weight is 215 g/mol. The van der Waals surface area contributed by atoms with Crippen molar-refractivity contribution < 1.29 is 4.92 Å². The second-order valence-corrected chi connectivity index (χ2v) is 3.25. The van der Waals surface area contributed by atoms with Crippen LogP contribution in [0.5, 0.6) is 0 Å². The highest BCUT2D eigenvalue weighted by Crippen LogP contribution is 2.22. The highest BCUT2D eigenvalue weighted by atomic mass is 35.5. The Kier molecular flexibility index (Phi) is 3.85. The quantitative estimate of drug-likeness (QED) is 0.618. The van der Waals surface area contributed by atoms with Gasteiger partial charge in [-0.3, -0.25) is 10.1 Å². The van der Waals surface area contributed by atoms with E-state index in [0.717, 1.165) is 6.54 Å². The van der Waals surface area contributed by atoms with Gasteiger partial charge in [-0.1, -0.05) is 18.5 Å². The molecular weight excluding hydrogens is 204 g/mol. The molecule has 0 saturated carbocycles. The number of benzene rings is 1. The van der Waals surface area contributed by atoms with Gasteiger partial charge in [0, 0.05) is 23.2 Å². The summed E-state index contributed by atoms with van der Waals surface area (Å²) in [4.78, 5) is 10.2. The van der Waals surface area contributed by atoms with Crippen molar-refractivity contribution >= 4 is 17.3 Å². The molecular formula is C9H11ClN2O2. The van der Waals surface area contributed by atoms with Crippen LogP contribution in [0.2, 0.25) is 5.02 Å². The first kappa shape index (κ1) is 10.9. The monoisotopic (exact) mass is 214 g/mol. The average Bonchev–Trinajstić information content (AvgIpc) is 2.14. The van der Waals surface area contributed by atoms with Crippen LogP contribution in [0.25, 0.3) is 0 Å². The summed E-state index contributed by atoms with van der Waals surface area (Å²) in [5, 5.41) is 14.2. The molecule has 14 heavy (non-hydrogen) atoms. The van der Waals surface area contributed by atoms with Crippen molar-refractivity contribution in [3.8, 4) is 0 Å². The lowest BCUT2D eigenvalue weighted by molar-refractivity contribution is -0.385. The highest BCUT2D eigenvalue weighted by molar-refractivity contribution is 6.30. The molecule has 0 amide bonds. The van der Waals surface area contributed by atoms with E-state index in [1.165, 1.54) is 12.1 Å². The lowest BCUT2D eigenvalue weighted by Crippen LogP contribution is -2.13. The molecule has 1 N–H and O–H groups in total. The van der Waals surface area contributed by atoms with Crippen molar-refractivity contribution in [2.45, 2.75) is 13.5 Å². The molecule has 0 saturated heterocycles. The van der Waals surface area contributed by atoms with Crippen LogP contribution in [0.1, 0.15) is 12.5 Å². The number of nitro benzene ring substituents is 1. The lowest BCUT2D eigenvalue weighted by atomic mass is 10.2. The first-order valence-electron chi connectivity index (χ1n) is 4.28. The van der Waals surface area contributed by atoms with E-state index >= 15 is 0 Å². The van der Waals surface area contributed by atoms with Crippen LogP contribution in [0.15, 0.2) is 18.2 Å². The molecule has 76 valence electrons. The summed E-state index contributed by atoms with van der Waals surface area (Å²) >= 11 is 5.75. The van der Waals surface area contributed by atoms with Gasteiger partial charge in [-0.15, -0.1) is 0 Å². The van der Waals surface area contributed by atoms with Gasteiger partial charge in [-0.2, -0.15) is 0 Å². The normalized spacial score (nSPS) is 10.1. The molecule has 0 aliphatic carbocycles. The summed E-state index contributed by atoms with van der Waals surface area (Å²) < 4.78 is 0. The Hall–Kier alpha value is -1.13. The van der Waals surface area contributed by atoms with E-state index in [1.807, 2.05) is 6.92 Å². The van der Waals surface area contributed by atoms with Crippen molar-refractivity contribution in [3.63, 3.8) is 0 Å². The summed E-state index contributed by atoms with van der Waals surface area (Å²) in [5.74, 6) is 0. The second kappa shape index (κ2) is 4.93. The van der Waals surface area contributed by atoms with Crippen LogP contribution in [0, 0.1) is 10.1 Å². The van der Waals surface area contributed by atoms with Crippen LogP contribution >= 0.6 is 11.6 Å². The Morgan fingerprint density at radius 2 is 2.29 bits per heavy atom. The third-order valence-corrected chi connectivity index (χ3v) is 2.04. The number of hydrogen-bond donors (Lipinski definition) is 1. The van der Waals surface area contributed by atoms with Crippen molar-refractivity contribution in [1.29, 1.82) is 0 Å². The van der Waals surface area contributed by atoms with Crippen LogP contribution in [0.3, 0.4) is 0 Å². The minimum atomic E-state index is -0.400. The Balaban J connectivity index is 2.97. The van der Waals surface area contributed by atoms with E-state index in [2.05, 4.69) is 5.32 Å². The van der Waals surface area contributed by atoms with Gasteiger partial charge in [0.1, 0.15) is 0 Å². The molecule has 0 bridgehead atoms. The van der Waals surface area contributed by atoms with Crippen LogP contribution < -0.4 is 5.32 Å². The molecule has 0 aliphatic heterocycles. The third kappa shape index (κ3) is 2.68. The second-order valence-electron chi connectivity index (χ2n) is 2.81. The Morgan fingerprint density at radius 1 is 1.57 bits per heavy atom. The summed E-state index contributed by atoms with van der Waals surface area (Å²) in [7, 11) is 0. The van der Waals surface area contributed by atoms with E-state index < -0.39 is 4.92 Å². The van der Waals surface area contributed by atoms with E-state index in [-0.39, 0.29) is 5.69 Å². The fraction of sp³-hybridized carbons (Fsp3) is 0.333. The fourth-order valence-corrected chi connectivity index (χ4v) is 1.33. The molecule has 0 fully saturated rings. The number of hydrogen-bond acceptors (Lipinski definition) is 3. The number of nitrogens with one attached hydrogen (secondary N) is 1. The van der Waals surface area contributed by atoms with Crippen molar-refractivity contribution in [1.82, 2.24) is 5.32 Å². The van der Waals surface area contributed by atoms with Gasteiger partial charge >= 0.3 is 0 Å². The summed E-state index contributed by atoms with van der Waals surface area (Å²) in [6.45, 7) is 3.17. The Bertz CT molecular complexity index is 342. The molecule has 5 heteroatoms. The predicted molar refractivity (Wildman–Crippen MR) is 55.5 cm³/mol. The van der Waals surface area contributed by atoms with Gasteiger partial charge in [-0.05, 0) is 18.7 Å². The molecule has 0 aliphatic rings. The molecule has 1 aromatic rings. The maximum atomic E-state index is 10.6. The van der Waals surface area contributed by atoms with E-state index in [1.54, 1.807) is 6.07 Å². The number of nitro groups is 1. The van der Waals surface area contributed by atoms with Crippen LogP contribution in [-0.4, -0.2) is 11.5 Å². The van der Waals surface area contributed by atoms with Crippen LogP contribution in [0.4, 0.5) is 5.69 Å². The van der Waals surface area contributed by atoms with Gasteiger partial charge in [0.05, 0.1) is 4.92 Å². The highest BCUT2D eigenvalue weighted by Gasteiger charge is 2.12. The SMILES string of the molecule is CCNCc1cc(Cl)ccc1[N+](=O)[O-]. The van der Waals surface area contributed by atoms with E-state index in [4.69, 9.17) is 11.6 Å². The van der Waals surface area contributed by atoms with Crippen molar-refractivity contribution in [2.75, 3.05) is 6.54 Å². The topological polar surface area (TPSA) is 55.2 Å². The van der Waals surface area contributed by atoms with Gasteiger partial charge in [-0.25, -0.2) is 0 Å². The minimum absolute atomic E-state index is 0.107. The van der Waals surface area contributed by atoms with Crippen molar-refractivity contribution in [2.24, 2.45) is 0 Å². The Labute approximate surface area is 87.0 Å². The van der Waals surface area contributed by atoms with Gasteiger partial charge < -0.3 is 5.32 Å². The van der Waals surface area contributed by atoms with E-state index in [0.29, 0.717) is 17.1 Å². The standard InChI is InChI=1S/C9H11ClN2O2/c1-2-11-6-7-5-8(10)3-4-9(7)12(13)14/h3-5,11H,2,6H2,1H3. The molecule has 0 aromatic heterocycles. The maximum Gasteiger partial charge on any atom is 0.273 e. The Morgan fingerprint density at radius 3 is 2.86 bits per heavy atom. The smallest absolute Gasteiger partial charge is 0.273 e.